The smallest absolute Gasteiger partial charge is 0.327 e. The Morgan fingerprint density at radius 2 is 1.73 bits per heavy atom. The SMILES string of the molecule is OP(O)OCCCCCCBr. The Bertz CT molecular complexity index is 82.2. The maximum absolute atomic E-state index is 8.35. The third kappa shape index (κ3) is 10.8. The maximum Gasteiger partial charge on any atom is 0.327 e. The van der Waals surface area contributed by atoms with Gasteiger partial charge >= 0.3 is 8.60 Å². The molecular formula is C6H14BrO3P. The van der Waals surface area contributed by atoms with Crippen LogP contribution >= 0.6 is 24.5 Å². The Morgan fingerprint density at radius 1 is 1.09 bits per heavy atom. The molecule has 5 heteroatoms. The quantitative estimate of drug-likeness (QED) is 0.410. The van der Waals surface area contributed by atoms with Crippen LogP contribution in [0.5, 0.6) is 0 Å². The van der Waals surface area contributed by atoms with Crippen LogP contribution in [-0.4, -0.2) is 21.7 Å². The molecule has 0 fully saturated rings. The van der Waals surface area contributed by atoms with Crippen LogP contribution < -0.4 is 0 Å². The normalized spacial score (nSPS) is 10.9. The molecule has 0 spiro atoms. The first-order valence-electron chi connectivity index (χ1n) is 3.64. The summed E-state index contributed by atoms with van der Waals surface area (Å²) in [5.41, 5.74) is 0. The molecule has 0 aromatic heterocycles. The second kappa shape index (κ2) is 8.88. The summed E-state index contributed by atoms with van der Waals surface area (Å²) in [7, 11) is -2.13. The van der Waals surface area contributed by atoms with Gasteiger partial charge in [-0.25, -0.2) is 0 Å². The van der Waals surface area contributed by atoms with Crippen molar-refractivity contribution in [1.29, 1.82) is 0 Å². The number of hydrogen-bond donors (Lipinski definition) is 2. The van der Waals surface area contributed by atoms with Crippen molar-refractivity contribution in [2.75, 3.05) is 11.9 Å². The molecule has 0 aromatic rings. The molecule has 0 aliphatic heterocycles. The zero-order chi connectivity index (χ0) is 8.53. The molecule has 0 saturated carbocycles. The van der Waals surface area contributed by atoms with Crippen LogP contribution in [0.25, 0.3) is 0 Å². The van der Waals surface area contributed by atoms with Crippen molar-refractivity contribution in [3.8, 4) is 0 Å². The van der Waals surface area contributed by atoms with Crippen LogP contribution in [0.3, 0.4) is 0 Å². The van der Waals surface area contributed by atoms with E-state index in [9.17, 15) is 0 Å². The number of halogens is 1. The summed E-state index contributed by atoms with van der Waals surface area (Å²) in [6.45, 7) is 0.459. The van der Waals surface area contributed by atoms with E-state index < -0.39 is 8.60 Å². The third-order valence-corrected chi connectivity index (χ3v) is 2.21. The molecule has 3 nitrogen and oxygen atoms in total. The fraction of sp³-hybridized carbons (Fsp3) is 1.00. The molecule has 11 heavy (non-hydrogen) atoms. The van der Waals surface area contributed by atoms with E-state index in [1.807, 2.05) is 0 Å². The second-order valence-corrected chi connectivity index (χ2v) is 3.75. The molecular weight excluding hydrogens is 231 g/mol. The Kier molecular flexibility index (Phi) is 9.52. The van der Waals surface area contributed by atoms with Gasteiger partial charge in [0.25, 0.3) is 0 Å². The van der Waals surface area contributed by atoms with E-state index in [-0.39, 0.29) is 0 Å². The van der Waals surface area contributed by atoms with Crippen molar-refractivity contribution >= 4 is 24.5 Å². The summed E-state index contributed by atoms with van der Waals surface area (Å²) in [5.74, 6) is 0. The first-order valence-corrected chi connectivity index (χ1v) is 5.93. The fourth-order valence-corrected chi connectivity index (χ4v) is 1.39. The summed E-state index contributed by atoms with van der Waals surface area (Å²) >= 11 is 3.33. The molecule has 0 aromatic carbocycles. The molecule has 0 bridgehead atoms. The average molecular weight is 245 g/mol. The van der Waals surface area contributed by atoms with Crippen LogP contribution in [0.1, 0.15) is 25.7 Å². The number of alkyl halides is 1. The third-order valence-electron chi connectivity index (χ3n) is 1.23. The van der Waals surface area contributed by atoms with Gasteiger partial charge < -0.3 is 14.3 Å². The summed E-state index contributed by atoms with van der Waals surface area (Å²) in [6, 6.07) is 0. The monoisotopic (exact) mass is 244 g/mol. The van der Waals surface area contributed by atoms with E-state index in [4.69, 9.17) is 9.79 Å². The zero-order valence-electron chi connectivity index (χ0n) is 6.37. The maximum atomic E-state index is 8.35. The van der Waals surface area contributed by atoms with Gasteiger partial charge in [0, 0.05) is 5.33 Å². The van der Waals surface area contributed by atoms with E-state index in [0.717, 1.165) is 18.2 Å². The summed E-state index contributed by atoms with van der Waals surface area (Å²) in [6.07, 6.45) is 4.35. The second-order valence-electron chi connectivity index (χ2n) is 2.19. The average Bonchev–Trinajstić information content (AvgIpc) is 1.96. The minimum Gasteiger partial charge on any atom is -0.328 e. The first-order chi connectivity index (χ1) is 5.27. The van der Waals surface area contributed by atoms with Gasteiger partial charge in [0.15, 0.2) is 0 Å². The lowest BCUT2D eigenvalue weighted by molar-refractivity contribution is 0.249. The van der Waals surface area contributed by atoms with E-state index >= 15 is 0 Å². The van der Waals surface area contributed by atoms with E-state index in [0.29, 0.717) is 6.61 Å². The standard InChI is InChI=1S/C6H14BrO3P/c7-5-3-1-2-4-6-10-11(8)9/h8-9H,1-6H2. The topological polar surface area (TPSA) is 49.7 Å². The van der Waals surface area contributed by atoms with Crippen molar-refractivity contribution in [3.63, 3.8) is 0 Å². The molecule has 0 amide bonds. The minimum absolute atomic E-state index is 0.459. The molecule has 0 aliphatic rings. The van der Waals surface area contributed by atoms with Gasteiger partial charge in [-0.3, -0.25) is 0 Å². The van der Waals surface area contributed by atoms with Crippen LogP contribution in [-0.2, 0) is 4.52 Å². The van der Waals surface area contributed by atoms with Crippen LogP contribution in [0, 0.1) is 0 Å². The Hall–Kier alpha value is 0.790. The minimum atomic E-state index is -2.13. The van der Waals surface area contributed by atoms with Gasteiger partial charge in [0.1, 0.15) is 0 Å². The van der Waals surface area contributed by atoms with Crippen LogP contribution in [0.2, 0.25) is 0 Å². The van der Waals surface area contributed by atoms with E-state index in [2.05, 4.69) is 20.5 Å². The highest BCUT2D eigenvalue weighted by atomic mass is 79.9. The predicted molar refractivity (Wildman–Crippen MR) is 49.6 cm³/mol. The number of hydrogen-bond acceptors (Lipinski definition) is 3. The Morgan fingerprint density at radius 3 is 2.27 bits per heavy atom. The van der Waals surface area contributed by atoms with Gasteiger partial charge in [-0.15, -0.1) is 0 Å². The van der Waals surface area contributed by atoms with Crippen molar-refractivity contribution < 1.29 is 14.3 Å². The molecule has 0 radical (unpaired) electrons. The highest BCUT2D eigenvalue weighted by Gasteiger charge is 1.97. The predicted octanol–water partition coefficient (Wildman–Crippen LogP) is 2.17. The van der Waals surface area contributed by atoms with Gasteiger partial charge in [-0.2, -0.15) is 0 Å². The molecule has 68 valence electrons. The molecule has 0 rings (SSSR count). The molecule has 0 unspecified atom stereocenters. The molecule has 0 aliphatic carbocycles. The Labute approximate surface area is 76.9 Å². The van der Waals surface area contributed by atoms with Crippen molar-refractivity contribution in [3.05, 3.63) is 0 Å². The lowest BCUT2D eigenvalue weighted by Crippen LogP contribution is -1.89. The highest BCUT2D eigenvalue weighted by Crippen LogP contribution is 2.24. The fourth-order valence-electron chi connectivity index (χ4n) is 0.696. The van der Waals surface area contributed by atoms with Crippen molar-refractivity contribution in [2.45, 2.75) is 25.7 Å². The van der Waals surface area contributed by atoms with E-state index in [1.54, 1.807) is 0 Å². The van der Waals surface area contributed by atoms with Gasteiger partial charge in [-0.1, -0.05) is 28.8 Å². The summed E-state index contributed by atoms with van der Waals surface area (Å²) < 4.78 is 4.59. The molecule has 2 N–H and O–H groups in total. The van der Waals surface area contributed by atoms with Gasteiger partial charge in [-0.05, 0) is 12.8 Å². The molecule has 0 heterocycles. The molecule has 0 saturated heterocycles. The van der Waals surface area contributed by atoms with Crippen molar-refractivity contribution in [2.24, 2.45) is 0 Å². The summed E-state index contributed by atoms with van der Waals surface area (Å²) in [5, 5.41) is 1.04. The first kappa shape index (κ1) is 11.8. The lowest BCUT2D eigenvalue weighted by Gasteiger charge is -2.02. The van der Waals surface area contributed by atoms with Crippen LogP contribution in [0.4, 0.5) is 0 Å². The lowest BCUT2D eigenvalue weighted by atomic mass is 10.2. The van der Waals surface area contributed by atoms with Gasteiger partial charge in [0.2, 0.25) is 0 Å². The number of unbranched alkanes of at least 4 members (excludes halogenated alkanes) is 3. The molecule has 0 atom stereocenters. The van der Waals surface area contributed by atoms with Crippen molar-refractivity contribution in [1.82, 2.24) is 0 Å². The van der Waals surface area contributed by atoms with E-state index in [1.165, 1.54) is 12.8 Å². The Balaban J connectivity index is 2.80. The number of rotatable bonds is 7. The highest BCUT2D eigenvalue weighted by molar-refractivity contribution is 9.09. The zero-order valence-corrected chi connectivity index (χ0v) is 8.85. The summed E-state index contributed by atoms with van der Waals surface area (Å²) in [4.78, 5) is 16.7. The van der Waals surface area contributed by atoms with Crippen LogP contribution in [0.15, 0.2) is 0 Å². The largest absolute Gasteiger partial charge is 0.328 e. The van der Waals surface area contributed by atoms with Gasteiger partial charge in [0.05, 0.1) is 6.61 Å².